The van der Waals surface area contributed by atoms with Crippen molar-refractivity contribution in [3.8, 4) is 0 Å². The molecule has 1 rings (SSSR count). The van der Waals surface area contributed by atoms with Crippen molar-refractivity contribution in [2.75, 3.05) is 13.2 Å². The summed E-state index contributed by atoms with van der Waals surface area (Å²) in [6.07, 6.45) is 1.16. The van der Waals surface area contributed by atoms with Gasteiger partial charge in [-0.05, 0) is 19.3 Å². The molecule has 1 saturated heterocycles. The number of carboxylic acids is 1. The first-order valence-corrected chi connectivity index (χ1v) is 7.61. The van der Waals surface area contributed by atoms with Crippen LogP contribution in [0.4, 0.5) is 4.79 Å². The SMILES string of the molecule is CCCCOC(=O)N[C@@H](CC(N)=O)C(=O)N1CCC[C@H]1C(=O)O. The summed E-state index contributed by atoms with van der Waals surface area (Å²) in [5.74, 6) is -2.52. The minimum atomic E-state index is -1.22. The highest BCUT2D eigenvalue weighted by atomic mass is 16.5. The van der Waals surface area contributed by atoms with Crippen LogP contribution in [0.2, 0.25) is 0 Å². The number of carbonyl (C=O) groups excluding carboxylic acids is 3. The van der Waals surface area contributed by atoms with Gasteiger partial charge in [0.15, 0.2) is 0 Å². The molecule has 0 unspecified atom stereocenters. The molecular weight excluding hydrogens is 306 g/mol. The lowest BCUT2D eigenvalue weighted by Crippen LogP contribution is -2.53. The Kier molecular flexibility index (Phi) is 7.30. The number of nitrogens with one attached hydrogen (secondary N) is 1. The van der Waals surface area contributed by atoms with E-state index in [9.17, 15) is 19.2 Å². The minimum absolute atomic E-state index is 0.196. The molecule has 0 aromatic carbocycles. The summed E-state index contributed by atoms with van der Waals surface area (Å²) in [4.78, 5) is 47.6. The maximum Gasteiger partial charge on any atom is 0.407 e. The number of carboxylic acid groups (broad SMARTS) is 1. The molecule has 1 aliphatic heterocycles. The van der Waals surface area contributed by atoms with E-state index in [0.717, 1.165) is 11.3 Å². The highest BCUT2D eigenvalue weighted by molar-refractivity contribution is 5.93. The predicted molar refractivity (Wildman–Crippen MR) is 79.4 cm³/mol. The van der Waals surface area contributed by atoms with E-state index in [4.69, 9.17) is 15.6 Å². The van der Waals surface area contributed by atoms with Gasteiger partial charge in [-0.25, -0.2) is 9.59 Å². The largest absolute Gasteiger partial charge is 0.480 e. The molecule has 130 valence electrons. The van der Waals surface area contributed by atoms with Gasteiger partial charge in [-0.3, -0.25) is 9.59 Å². The zero-order chi connectivity index (χ0) is 17.4. The molecule has 9 nitrogen and oxygen atoms in total. The first kappa shape index (κ1) is 18.7. The molecule has 0 aromatic rings. The molecule has 23 heavy (non-hydrogen) atoms. The number of primary amides is 1. The van der Waals surface area contributed by atoms with E-state index in [2.05, 4.69) is 5.32 Å². The van der Waals surface area contributed by atoms with Crippen LogP contribution in [0.5, 0.6) is 0 Å². The van der Waals surface area contributed by atoms with Crippen LogP contribution in [0.25, 0.3) is 0 Å². The molecule has 4 N–H and O–H groups in total. The van der Waals surface area contributed by atoms with Crippen molar-refractivity contribution in [2.45, 2.75) is 51.1 Å². The standard InChI is InChI=1S/C14H23N3O6/c1-2-3-7-23-14(22)16-9(8-11(15)18)12(19)17-6-4-5-10(17)13(20)21/h9-10H,2-8H2,1H3,(H2,15,18)(H,16,22)(H,20,21)/t9-,10-/m0/s1. The molecule has 0 aromatic heterocycles. The number of hydrogen-bond donors (Lipinski definition) is 3. The van der Waals surface area contributed by atoms with Crippen molar-refractivity contribution in [3.05, 3.63) is 0 Å². The van der Waals surface area contributed by atoms with Crippen molar-refractivity contribution in [3.63, 3.8) is 0 Å². The molecule has 1 aliphatic rings. The fourth-order valence-electron chi connectivity index (χ4n) is 2.38. The third-order valence-electron chi connectivity index (χ3n) is 3.55. The number of likely N-dealkylation sites (tertiary alicyclic amines) is 1. The van der Waals surface area contributed by atoms with Gasteiger partial charge in [0, 0.05) is 6.54 Å². The molecule has 0 saturated carbocycles. The van der Waals surface area contributed by atoms with Gasteiger partial charge in [-0.1, -0.05) is 13.3 Å². The number of rotatable bonds is 8. The normalized spacial score (nSPS) is 18.3. The molecule has 0 radical (unpaired) electrons. The number of carbonyl (C=O) groups is 4. The van der Waals surface area contributed by atoms with E-state index in [1.165, 1.54) is 0 Å². The molecule has 0 spiro atoms. The van der Waals surface area contributed by atoms with Gasteiger partial charge in [0.2, 0.25) is 11.8 Å². The Morgan fingerprint density at radius 2 is 2.09 bits per heavy atom. The van der Waals surface area contributed by atoms with Crippen molar-refractivity contribution in [1.82, 2.24) is 10.2 Å². The summed E-state index contributed by atoms with van der Waals surface area (Å²) < 4.78 is 4.89. The molecular formula is C14H23N3O6. The quantitative estimate of drug-likeness (QED) is 0.528. The van der Waals surface area contributed by atoms with Gasteiger partial charge in [-0.2, -0.15) is 0 Å². The fourth-order valence-corrected chi connectivity index (χ4v) is 2.38. The molecule has 0 bridgehead atoms. The van der Waals surface area contributed by atoms with Gasteiger partial charge < -0.3 is 25.8 Å². The van der Waals surface area contributed by atoms with E-state index < -0.39 is 42.4 Å². The van der Waals surface area contributed by atoms with Gasteiger partial charge in [0.1, 0.15) is 12.1 Å². The van der Waals surface area contributed by atoms with Crippen molar-refractivity contribution in [2.24, 2.45) is 5.73 Å². The Morgan fingerprint density at radius 3 is 2.65 bits per heavy atom. The summed E-state index contributed by atoms with van der Waals surface area (Å²) in [5, 5.41) is 11.4. The lowest BCUT2D eigenvalue weighted by atomic mass is 10.1. The minimum Gasteiger partial charge on any atom is -0.480 e. The van der Waals surface area contributed by atoms with Gasteiger partial charge >= 0.3 is 12.1 Å². The number of ether oxygens (including phenoxy) is 1. The first-order valence-electron chi connectivity index (χ1n) is 7.61. The third-order valence-corrected chi connectivity index (χ3v) is 3.55. The van der Waals surface area contributed by atoms with Crippen molar-refractivity contribution < 1.29 is 29.0 Å². The number of aliphatic carboxylic acids is 1. The lowest BCUT2D eigenvalue weighted by molar-refractivity contribution is -0.149. The molecule has 3 amide bonds. The van der Waals surface area contributed by atoms with E-state index in [-0.39, 0.29) is 13.2 Å². The number of alkyl carbamates (subject to hydrolysis) is 1. The molecule has 0 aliphatic carbocycles. The summed E-state index contributed by atoms with van der Waals surface area (Å²) in [5.41, 5.74) is 5.10. The second-order valence-corrected chi connectivity index (χ2v) is 5.38. The average Bonchev–Trinajstić information content (AvgIpc) is 2.95. The van der Waals surface area contributed by atoms with E-state index in [1.807, 2.05) is 6.92 Å². The van der Waals surface area contributed by atoms with Crippen molar-refractivity contribution in [1.29, 1.82) is 0 Å². The van der Waals surface area contributed by atoms with Gasteiger partial charge in [-0.15, -0.1) is 0 Å². The topological polar surface area (TPSA) is 139 Å². The van der Waals surface area contributed by atoms with Crippen LogP contribution in [0.15, 0.2) is 0 Å². The van der Waals surface area contributed by atoms with Crippen LogP contribution in [0, 0.1) is 0 Å². The maximum absolute atomic E-state index is 12.4. The average molecular weight is 329 g/mol. The van der Waals surface area contributed by atoms with E-state index in [0.29, 0.717) is 19.3 Å². The zero-order valence-electron chi connectivity index (χ0n) is 13.1. The predicted octanol–water partition coefficient (Wildman–Crippen LogP) is -0.168. The van der Waals surface area contributed by atoms with Crippen LogP contribution in [0.1, 0.15) is 39.0 Å². The Hall–Kier alpha value is -2.32. The zero-order valence-corrected chi connectivity index (χ0v) is 13.1. The van der Waals surface area contributed by atoms with E-state index >= 15 is 0 Å². The number of unbranched alkanes of at least 4 members (excludes halogenated alkanes) is 1. The molecule has 1 heterocycles. The van der Waals surface area contributed by atoms with Crippen LogP contribution in [-0.4, -0.2) is 59.1 Å². The van der Waals surface area contributed by atoms with Gasteiger partial charge in [0.25, 0.3) is 0 Å². The maximum atomic E-state index is 12.4. The van der Waals surface area contributed by atoms with Crippen LogP contribution in [0.3, 0.4) is 0 Å². The van der Waals surface area contributed by atoms with Gasteiger partial charge in [0.05, 0.1) is 13.0 Å². The Bertz CT molecular complexity index is 467. The van der Waals surface area contributed by atoms with E-state index in [1.54, 1.807) is 0 Å². The molecule has 1 fully saturated rings. The summed E-state index contributed by atoms with van der Waals surface area (Å²) >= 11 is 0. The summed E-state index contributed by atoms with van der Waals surface area (Å²) in [6, 6.07) is -2.17. The monoisotopic (exact) mass is 329 g/mol. The third kappa shape index (κ3) is 5.76. The number of nitrogens with two attached hydrogens (primary N) is 1. The Balaban J connectivity index is 2.72. The first-order chi connectivity index (χ1) is 10.9. The number of hydrogen-bond acceptors (Lipinski definition) is 5. The smallest absolute Gasteiger partial charge is 0.407 e. The summed E-state index contributed by atoms with van der Waals surface area (Å²) in [6.45, 7) is 2.39. The number of amides is 3. The second-order valence-electron chi connectivity index (χ2n) is 5.38. The lowest BCUT2D eigenvalue weighted by Gasteiger charge is -2.26. The fraction of sp³-hybridized carbons (Fsp3) is 0.714. The van der Waals surface area contributed by atoms with Crippen molar-refractivity contribution >= 4 is 23.9 Å². The Morgan fingerprint density at radius 1 is 1.39 bits per heavy atom. The Labute approximate surface area is 134 Å². The number of nitrogens with zero attached hydrogens (tertiary/aromatic N) is 1. The van der Waals surface area contributed by atoms with Crippen LogP contribution >= 0.6 is 0 Å². The van der Waals surface area contributed by atoms with Crippen LogP contribution < -0.4 is 11.1 Å². The highest BCUT2D eigenvalue weighted by Crippen LogP contribution is 2.19. The molecule has 9 heteroatoms. The van der Waals surface area contributed by atoms with Crippen LogP contribution in [-0.2, 0) is 19.1 Å². The second kappa shape index (κ2) is 8.96. The molecule has 2 atom stereocenters. The highest BCUT2D eigenvalue weighted by Gasteiger charge is 2.38. The summed E-state index contributed by atoms with van der Waals surface area (Å²) in [7, 11) is 0.